The molecule has 0 saturated carbocycles. The number of allylic oxidation sites excluding steroid dienone is 2. The van der Waals surface area contributed by atoms with E-state index >= 15 is 0 Å². The lowest BCUT2D eigenvalue weighted by molar-refractivity contribution is 0.0240. The fourth-order valence-electron chi connectivity index (χ4n) is 3.70. The molecule has 0 aromatic carbocycles. The maximum atomic E-state index is 12.8. The van der Waals surface area contributed by atoms with Crippen LogP contribution in [0.3, 0.4) is 0 Å². The van der Waals surface area contributed by atoms with Crippen molar-refractivity contribution in [1.82, 2.24) is 24.0 Å². The Morgan fingerprint density at radius 1 is 1.12 bits per heavy atom. The summed E-state index contributed by atoms with van der Waals surface area (Å²) < 4.78 is 8.86. The third-order valence-corrected chi connectivity index (χ3v) is 5.21. The number of carbonyl (C=O) groups is 1. The minimum absolute atomic E-state index is 0.330. The van der Waals surface area contributed by atoms with Crippen LogP contribution in [0.25, 0.3) is 11.2 Å². The average molecular weight is 447 g/mol. The largest absolute Gasteiger partial charge is 0.444 e. The van der Waals surface area contributed by atoms with Gasteiger partial charge in [0.05, 0.1) is 0 Å². The Hall–Kier alpha value is -3.04. The van der Waals surface area contributed by atoms with Crippen LogP contribution in [-0.4, -0.2) is 61.9 Å². The van der Waals surface area contributed by atoms with Crippen LogP contribution in [0.5, 0.6) is 0 Å². The van der Waals surface area contributed by atoms with Gasteiger partial charge in [0, 0.05) is 39.3 Å². The number of aromatic nitrogens is 4. The normalized spacial score (nSPS) is 14.7. The van der Waals surface area contributed by atoms with Gasteiger partial charge in [0.1, 0.15) is 5.60 Å². The Bertz CT molecular complexity index is 1120. The van der Waals surface area contributed by atoms with E-state index in [4.69, 9.17) is 9.72 Å². The number of anilines is 1. The van der Waals surface area contributed by atoms with Crippen molar-refractivity contribution in [2.24, 2.45) is 0 Å². The maximum absolute atomic E-state index is 12.8. The highest BCUT2D eigenvalue weighted by Crippen LogP contribution is 2.22. The number of hydrogen-bond acceptors (Lipinski definition) is 6. The molecule has 1 amide bonds. The van der Waals surface area contributed by atoms with Crippen LogP contribution in [0, 0.1) is 0 Å². The van der Waals surface area contributed by atoms with Gasteiger partial charge in [-0.25, -0.2) is 9.59 Å². The summed E-state index contributed by atoms with van der Waals surface area (Å²) in [4.78, 5) is 48.5. The lowest BCUT2D eigenvalue weighted by Gasteiger charge is -2.36. The fraction of sp³-hybridized carbons (Fsp3) is 0.636. The summed E-state index contributed by atoms with van der Waals surface area (Å²) in [5.74, 6) is 0.627. The molecule has 32 heavy (non-hydrogen) atoms. The first-order chi connectivity index (χ1) is 15.0. The molecule has 3 heterocycles. The van der Waals surface area contributed by atoms with E-state index in [1.807, 2.05) is 52.2 Å². The number of H-pyrrole nitrogens is 1. The van der Waals surface area contributed by atoms with E-state index in [0.717, 1.165) is 12.0 Å². The van der Waals surface area contributed by atoms with E-state index < -0.39 is 16.9 Å². The lowest BCUT2D eigenvalue weighted by atomic mass is 10.2. The van der Waals surface area contributed by atoms with Crippen LogP contribution in [0.4, 0.5) is 10.7 Å². The minimum Gasteiger partial charge on any atom is -0.444 e. The van der Waals surface area contributed by atoms with Crippen molar-refractivity contribution in [1.29, 1.82) is 0 Å². The predicted octanol–water partition coefficient (Wildman–Crippen LogP) is 2.32. The Morgan fingerprint density at radius 2 is 1.78 bits per heavy atom. The molecule has 0 bridgehead atoms. The van der Waals surface area contributed by atoms with Gasteiger partial charge in [0.25, 0.3) is 5.56 Å². The molecule has 1 saturated heterocycles. The first-order valence-corrected chi connectivity index (χ1v) is 11.1. The highest BCUT2D eigenvalue weighted by molar-refractivity contribution is 5.75. The zero-order valence-corrected chi connectivity index (χ0v) is 19.9. The van der Waals surface area contributed by atoms with Crippen LogP contribution in [-0.2, 0) is 17.8 Å². The van der Waals surface area contributed by atoms with Gasteiger partial charge in [-0.05, 0) is 41.0 Å². The highest BCUT2D eigenvalue weighted by atomic mass is 16.6. The van der Waals surface area contributed by atoms with Gasteiger partial charge in [0.15, 0.2) is 11.2 Å². The number of nitrogens with zero attached hydrogens (tertiary/aromatic N) is 5. The van der Waals surface area contributed by atoms with Gasteiger partial charge in [-0.3, -0.25) is 14.3 Å². The van der Waals surface area contributed by atoms with Gasteiger partial charge < -0.3 is 19.1 Å². The second-order valence-corrected chi connectivity index (χ2v) is 9.34. The highest BCUT2D eigenvalue weighted by Gasteiger charge is 2.29. The van der Waals surface area contributed by atoms with Crippen LogP contribution in [0.2, 0.25) is 0 Å². The first kappa shape index (κ1) is 23.6. The topological polar surface area (TPSA) is 105 Å². The van der Waals surface area contributed by atoms with E-state index in [2.05, 4.69) is 9.88 Å². The number of nitrogens with one attached hydrogen (secondary N) is 1. The first-order valence-electron chi connectivity index (χ1n) is 11.1. The molecule has 1 aliphatic heterocycles. The zero-order valence-electron chi connectivity index (χ0n) is 19.9. The van der Waals surface area contributed by atoms with E-state index in [-0.39, 0.29) is 6.09 Å². The maximum Gasteiger partial charge on any atom is 0.410 e. The van der Waals surface area contributed by atoms with Gasteiger partial charge >= 0.3 is 11.8 Å². The summed E-state index contributed by atoms with van der Waals surface area (Å²) >= 11 is 0. The molecule has 1 aliphatic rings. The van der Waals surface area contributed by atoms with Crippen molar-refractivity contribution >= 4 is 23.2 Å². The quantitative estimate of drug-likeness (QED) is 0.707. The van der Waals surface area contributed by atoms with E-state index in [9.17, 15) is 14.4 Å². The molecule has 176 valence electrons. The standard InChI is InChI=1S/C22H34N6O4/c1-7-9-28-17-16(18(29)24-20(28)30)27(10-8-15(2)3)19(23-17)25-11-13-26(14-12-25)21(31)32-22(4,5)6/h8H,7,9-14H2,1-6H3,(H,24,29,30). The third kappa shape index (κ3) is 5.05. The minimum atomic E-state index is -0.545. The predicted molar refractivity (Wildman–Crippen MR) is 124 cm³/mol. The van der Waals surface area contributed by atoms with Crippen molar-refractivity contribution in [3.8, 4) is 0 Å². The SMILES string of the molecule is CCCn1c(=O)[nH]c(=O)c2c1nc(N1CCN(C(=O)OC(C)(C)C)CC1)n2CC=C(C)C. The van der Waals surface area contributed by atoms with Gasteiger partial charge in [-0.15, -0.1) is 0 Å². The molecule has 10 nitrogen and oxygen atoms in total. The lowest BCUT2D eigenvalue weighted by Crippen LogP contribution is -2.50. The molecule has 0 unspecified atom stereocenters. The molecule has 0 spiro atoms. The van der Waals surface area contributed by atoms with Crippen LogP contribution in [0.1, 0.15) is 48.0 Å². The molecule has 2 aromatic heterocycles. The number of amides is 1. The summed E-state index contributed by atoms with van der Waals surface area (Å²) in [6, 6.07) is 0. The number of carbonyl (C=O) groups excluding carboxylic acids is 1. The van der Waals surface area contributed by atoms with Crippen molar-refractivity contribution in [2.75, 3.05) is 31.1 Å². The van der Waals surface area contributed by atoms with E-state index in [1.165, 1.54) is 4.57 Å². The summed E-state index contributed by atoms with van der Waals surface area (Å²) in [7, 11) is 0. The second-order valence-electron chi connectivity index (χ2n) is 9.34. The smallest absolute Gasteiger partial charge is 0.410 e. The van der Waals surface area contributed by atoms with Gasteiger partial charge in [-0.2, -0.15) is 4.98 Å². The molecule has 2 aromatic rings. The zero-order chi connectivity index (χ0) is 23.6. The molecular formula is C22H34N6O4. The van der Waals surface area contributed by atoms with Crippen molar-refractivity contribution < 1.29 is 9.53 Å². The molecule has 1 fully saturated rings. The number of ether oxygens (including phenoxy) is 1. The second kappa shape index (κ2) is 9.22. The molecule has 0 aliphatic carbocycles. The Labute approximate surface area is 187 Å². The molecular weight excluding hydrogens is 412 g/mol. The molecule has 0 atom stereocenters. The van der Waals surface area contributed by atoms with Crippen LogP contribution in [0.15, 0.2) is 21.2 Å². The summed E-state index contributed by atoms with van der Waals surface area (Å²) in [5.41, 5.74) is 0.470. The van der Waals surface area contributed by atoms with Crippen LogP contribution >= 0.6 is 0 Å². The van der Waals surface area contributed by atoms with E-state index in [0.29, 0.717) is 56.4 Å². The molecule has 10 heteroatoms. The van der Waals surface area contributed by atoms with Gasteiger partial charge in [0.2, 0.25) is 5.95 Å². The van der Waals surface area contributed by atoms with Crippen LogP contribution < -0.4 is 16.1 Å². The number of hydrogen-bond donors (Lipinski definition) is 1. The number of rotatable bonds is 5. The number of imidazole rings is 1. The molecule has 3 rings (SSSR count). The Balaban J connectivity index is 1.98. The number of aromatic amines is 1. The summed E-state index contributed by atoms with van der Waals surface area (Å²) in [6.07, 6.45) is 2.44. The monoisotopic (exact) mass is 446 g/mol. The summed E-state index contributed by atoms with van der Waals surface area (Å²) in [6.45, 7) is 14.5. The van der Waals surface area contributed by atoms with Crippen molar-refractivity contribution in [3.05, 3.63) is 32.5 Å². The van der Waals surface area contributed by atoms with Crippen molar-refractivity contribution in [3.63, 3.8) is 0 Å². The number of piperazine rings is 1. The van der Waals surface area contributed by atoms with Crippen molar-refractivity contribution in [2.45, 2.75) is 66.7 Å². The third-order valence-electron chi connectivity index (χ3n) is 5.21. The summed E-state index contributed by atoms with van der Waals surface area (Å²) in [5, 5.41) is 0. The number of aryl methyl sites for hydroxylation is 1. The Kier molecular flexibility index (Phi) is 6.80. The van der Waals surface area contributed by atoms with E-state index in [1.54, 1.807) is 4.90 Å². The molecule has 1 N–H and O–H groups in total. The number of fused-ring (bicyclic) bond motifs is 1. The molecule has 0 radical (unpaired) electrons. The fourth-order valence-corrected chi connectivity index (χ4v) is 3.70. The van der Waals surface area contributed by atoms with Gasteiger partial charge in [-0.1, -0.05) is 18.6 Å². The Morgan fingerprint density at radius 3 is 2.34 bits per heavy atom. The average Bonchev–Trinajstić information content (AvgIpc) is 3.08.